The molecular formula is C16H23NO3. The summed E-state index contributed by atoms with van der Waals surface area (Å²) in [4.78, 5) is 22.9. The molecule has 4 heteroatoms. The molecule has 20 heavy (non-hydrogen) atoms. The molecule has 0 aliphatic heterocycles. The number of benzene rings is 1. The van der Waals surface area contributed by atoms with Gasteiger partial charge in [-0.2, -0.15) is 0 Å². The van der Waals surface area contributed by atoms with Crippen LogP contribution in [0.15, 0.2) is 30.3 Å². The topological polar surface area (TPSA) is 66.4 Å². The van der Waals surface area contributed by atoms with Crippen molar-refractivity contribution in [2.75, 3.05) is 0 Å². The molecule has 0 saturated heterocycles. The zero-order chi connectivity index (χ0) is 15.0. The van der Waals surface area contributed by atoms with Gasteiger partial charge in [0.2, 0.25) is 5.91 Å². The summed E-state index contributed by atoms with van der Waals surface area (Å²) in [5.41, 5.74) is 0.825. The van der Waals surface area contributed by atoms with Gasteiger partial charge in [0.05, 0.1) is 12.5 Å². The Labute approximate surface area is 120 Å². The molecule has 0 radical (unpaired) electrons. The number of rotatable bonds is 8. The number of carboxylic acids is 1. The Morgan fingerprint density at radius 3 is 2.40 bits per heavy atom. The largest absolute Gasteiger partial charge is 0.481 e. The molecule has 2 unspecified atom stereocenters. The van der Waals surface area contributed by atoms with Crippen molar-refractivity contribution in [1.29, 1.82) is 0 Å². The molecule has 0 spiro atoms. The van der Waals surface area contributed by atoms with Gasteiger partial charge in [-0.05, 0) is 11.5 Å². The maximum atomic E-state index is 12.0. The second kappa shape index (κ2) is 8.35. The van der Waals surface area contributed by atoms with E-state index in [1.54, 1.807) is 0 Å². The molecule has 0 aliphatic rings. The number of amides is 1. The third kappa shape index (κ3) is 5.87. The Bertz CT molecular complexity index is 431. The predicted molar refractivity (Wildman–Crippen MR) is 78.3 cm³/mol. The van der Waals surface area contributed by atoms with Gasteiger partial charge in [-0.15, -0.1) is 0 Å². The van der Waals surface area contributed by atoms with Gasteiger partial charge < -0.3 is 10.4 Å². The smallest absolute Gasteiger partial charge is 0.305 e. The Morgan fingerprint density at radius 1 is 1.20 bits per heavy atom. The van der Waals surface area contributed by atoms with Crippen molar-refractivity contribution < 1.29 is 14.7 Å². The Morgan fingerprint density at radius 2 is 1.85 bits per heavy atom. The number of hydrogen-bond acceptors (Lipinski definition) is 2. The summed E-state index contributed by atoms with van der Waals surface area (Å²) >= 11 is 0. The number of carbonyl (C=O) groups is 2. The van der Waals surface area contributed by atoms with Gasteiger partial charge in [-0.25, -0.2) is 0 Å². The van der Waals surface area contributed by atoms with Crippen molar-refractivity contribution in [2.45, 2.75) is 45.6 Å². The van der Waals surface area contributed by atoms with Crippen molar-refractivity contribution in [2.24, 2.45) is 5.92 Å². The average Bonchev–Trinajstić information content (AvgIpc) is 2.38. The molecule has 1 aromatic carbocycles. The minimum absolute atomic E-state index is 0.0824. The van der Waals surface area contributed by atoms with Crippen molar-refractivity contribution in [1.82, 2.24) is 5.32 Å². The lowest BCUT2D eigenvalue weighted by molar-refractivity contribution is -0.137. The molecule has 0 heterocycles. The molecule has 1 amide bonds. The van der Waals surface area contributed by atoms with Crippen molar-refractivity contribution in [3.8, 4) is 0 Å². The number of aliphatic carboxylic acids is 1. The van der Waals surface area contributed by atoms with Gasteiger partial charge in [-0.1, -0.05) is 57.0 Å². The van der Waals surface area contributed by atoms with Crippen LogP contribution >= 0.6 is 0 Å². The lowest BCUT2D eigenvalue weighted by Crippen LogP contribution is -2.31. The molecule has 0 saturated carbocycles. The maximum absolute atomic E-state index is 12.0. The highest BCUT2D eigenvalue weighted by atomic mass is 16.4. The minimum Gasteiger partial charge on any atom is -0.481 e. The molecule has 0 aliphatic carbocycles. The zero-order valence-corrected chi connectivity index (χ0v) is 12.1. The first kappa shape index (κ1) is 16.2. The first-order valence-electron chi connectivity index (χ1n) is 7.09. The average molecular weight is 277 g/mol. The van der Waals surface area contributed by atoms with Crippen LogP contribution in [0.3, 0.4) is 0 Å². The van der Waals surface area contributed by atoms with Crippen LogP contribution in [0.4, 0.5) is 0 Å². The number of nitrogens with one attached hydrogen (secondary N) is 1. The van der Waals surface area contributed by atoms with E-state index < -0.39 is 12.0 Å². The van der Waals surface area contributed by atoms with Crippen LogP contribution in [-0.4, -0.2) is 17.0 Å². The molecule has 0 fully saturated rings. The summed E-state index contributed by atoms with van der Waals surface area (Å²) in [7, 11) is 0. The molecule has 4 nitrogen and oxygen atoms in total. The van der Waals surface area contributed by atoms with Gasteiger partial charge in [0.25, 0.3) is 0 Å². The van der Waals surface area contributed by atoms with Crippen LogP contribution in [0, 0.1) is 5.92 Å². The third-order valence-electron chi connectivity index (χ3n) is 3.23. The molecule has 2 N–H and O–H groups in total. The van der Waals surface area contributed by atoms with Gasteiger partial charge in [0.15, 0.2) is 0 Å². The summed E-state index contributed by atoms with van der Waals surface area (Å²) in [6.07, 6.45) is 2.39. The molecule has 110 valence electrons. The molecular weight excluding hydrogens is 254 g/mol. The highest BCUT2D eigenvalue weighted by molar-refractivity contribution is 5.78. The summed E-state index contributed by atoms with van der Waals surface area (Å²) < 4.78 is 0. The highest BCUT2D eigenvalue weighted by Gasteiger charge is 2.18. The summed E-state index contributed by atoms with van der Waals surface area (Å²) in [5, 5.41) is 11.8. The normalized spacial score (nSPS) is 13.5. The Balaban J connectivity index is 2.66. The van der Waals surface area contributed by atoms with Crippen LogP contribution in [0.1, 0.15) is 51.1 Å². The summed E-state index contributed by atoms with van der Waals surface area (Å²) in [5.74, 6) is -0.678. The fourth-order valence-corrected chi connectivity index (χ4v) is 2.28. The monoisotopic (exact) mass is 277 g/mol. The number of carbonyl (C=O) groups excluding carboxylic acids is 1. The van der Waals surface area contributed by atoms with Gasteiger partial charge >= 0.3 is 5.97 Å². The SMILES string of the molecule is CCCC(C)CC(=O)NC(CC(=O)O)c1ccccc1. The zero-order valence-electron chi connectivity index (χ0n) is 12.1. The van der Waals surface area contributed by atoms with Crippen molar-refractivity contribution in [3.63, 3.8) is 0 Å². The first-order valence-corrected chi connectivity index (χ1v) is 7.09. The minimum atomic E-state index is -0.916. The first-order chi connectivity index (χ1) is 9.52. The van der Waals surface area contributed by atoms with E-state index in [0.717, 1.165) is 18.4 Å². The van der Waals surface area contributed by atoms with Crippen molar-refractivity contribution >= 4 is 11.9 Å². The second-order valence-electron chi connectivity index (χ2n) is 5.23. The third-order valence-corrected chi connectivity index (χ3v) is 3.23. The molecule has 1 rings (SSSR count). The second-order valence-corrected chi connectivity index (χ2v) is 5.23. The van der Waals surface area contributed by atoms with Gasteiger partial charge in [0, 0.05) is 6.42 Å². The summed E-state index contributed by atoms with van der Waals surface area (Å²) in [6.45, 7) is 4.13. The predicted octanol–water partition coefficient (Wildman–Crippen LogP) is 3.14. The lowest BCUT2D eigenvalue weighted by Gasteiger charge is -2.19. The Hall–Kier alpha value is -1.84. The van der Waals surface area contributed by atoms with Crippen molar-refractivity contribution in [3.05, 3.63) is 35.9 Å². The van der Waals surface area contributed by atoms with Crippen LogP contribution in [-0.2, 0) is 9.59 Å². The quantitative estimate of drug-likeness (QED) is 0.767. The van der Waals surface area contributed by atoms with E-state index in [2.05, 4.69) is 12.2 Å². The fourth-order valence-electron chi connectivity index (χ4n) is 2.28. The van der Waals surface area contributed by atoms with E-state index in [9.17, 15) is 9.59 Å². The maximum Gasteiger partial charge on any atom is 0.305 e. The van der Waals surface area contributed by atoms with E-state index in [-0.39, 0.29) is 12.3 Å². The van der Waals surface area contributed by atoms with Gasteiger partial charge in [0.1, 0.15) is 0 Å². The lowest BCUT2D eigenvalue weighted by atomic mass is 10.00. The molecule has 0 bridgehead atoms. The van der Waals surface area contributed by atoms with Crippen LogP contribution in [0.5, 0.6) is 0 Å². The fraction of sp³-hybridized carbons (Fsp3) is 0.500. The molecule has 0 aromatic heterocycles. The van der Waals surface area contributed by atoms with Crippen LogP contribution in [0.2, 0.25) is 0 Å². The van der Waals surface area contributed by atoms with Gasteiger partial charge in [-0.3, -0.25) is 9.59 Å². The molecule has 2 atom stereocenters. The van der Waals surface area contributed by atoms with Crippen LogP contribution in [0.25, 0.3) is 0 Å². The van der Waals surface area contributed by atoms with E-state index >= 15 is 0 Å². The molecule has 1 aromatic rings. The number of carboxylic acid groups (broad SMARTS) is 1. The highest BCUT2D eigenvalue weighted by Crippen LogP contribution is 2.18. The standard InChI is InChI=1S/C16H23NO3/c1-3-7-12(2)10-15(18)17-14(11-16(19)20)13-8-5-4-6-9-13/h4-6,8-9,12,14H,3,7,10-11H2,1-2H3,(H,17,18)(H,19,20). The van der Waals surface area contributed by atoms with E-state index in [4.69, 9.17) is 5.11 Å². The number of hydrogen-bond donors (Lipinski definition) is 2. The van der Waals surface area contributed by atoms with Crippen LogP contribution < -0.4 is 5.32 Å². The van der Waals surface area contributed by atoms with E-state index in [1.165, 1.54) is 0 Å². The summed E-state index contributed by atoms with van der Waals surface area (Å²) in [6, 6.07) is 8.76. The van der Waals surface area contributed by atoms with E-state index in [1.807, 2.05) is 37.3 Å². The Kier molecular flexibility index (Phi) is 6.77. The van der Waals surface area contributed by atoms with E-state index in [0.29, 0.717) is 12.3 Å².